The molecule has 0 spiro atoms. The largest absolute Gasteiger partial charge is 0.404 e. The smallest absolute Gasteiger partial charge is 0.213 e. The normalized spacial score (nSPS) is 17.6. The number of nitrogens with zero attached hydrogens (tertiary/aromatic N) is 4. The van der Waals surface area contributed by atoms with E-state index in [1.54, 1.807) is 30.2 Å². The molecule has 5 N–H and O–H groups in total. The summed E-state index contributed by atoms with van der Waals surface area (Å²) in [5.74, 6) is 0.525. The van der Waals surface area contributed by atoms with Gasteiger partial charge in [0.2, 0.25) is 10.0 Å². The van der Waals surface area contributed by atoms with Gasteiger partial charge in [-0.1, -0.05) is 0 Å². The van der Waals surface area contributed by atoms with E-state index in [4.69, 9.17) is 11.5 Å². The number of aromatic nitrogens is 3. The summed E-state index contributed by atoms with van der Waals surface area (Å²) >= 11 is 0. The number of hydrogen-bond donors (Lipinski definition) is 3. The third-order valence-electron chi connectivity index (χ3n) is 4.72. The maximum atomic E-state index is 12.0. The standard InChI is InChI=1S/C16H21N7O2S/c1-2-26(24,25)22-10-16(11-22,4-5-17)23-9-12(8-21-23)14(7-18)13-3-6-20-15(13)19/h3,6-9,20H,2,4,10-11,18-19H2,1H3/b14-7-. The number of anilines is 1. The minimum atomic E-state index is -3.28. The molecular weight excluding hydrogens is 354 g/mol. The average molecular weight is 375 g/mol. The van der Waals surface area contributed by atoms with Crippen LogP contribution in [0.3, 0.4) is 0 Å². The Morgan fingerprint density at radius 1 is 1.54 bits per heavy atom. The van der Waals surface area contributed by atoms with Crippen molar-refractivity contribution in [3.63, 3.8) is 0 Å². The molecular formula is C16H21N7O2S. The summed E-state index contributed by atoms with van der Waals surface area (Å²) in [5, 5.41) is 13.6. The first-order valence-electron chi connectivity index (χ1n) is 8.12. The van der Waals surface area contributed by atoms with Crippen molar-refractivity contribution in [3.05, 3.63) is 42.0 Å². The first-order chi connectivity index (χ1) is 12.4. The second-order valence-corrected chi connectivity index (χ2v) is 8.54. The maximum absolute atomic E-state index is 12.0. The van der Waals surface area contributed by atoms with Crippen LogP contribution >= 0.6 is 0 Å². The Hall–Kier alpha value is -2.77. The summed E-state index contributed by atoms with van der Waals surface area (Å²) in [4.78, 5) is 2.90. The second kappa shape index (κ2) is 6.51. The molecule has 0 amide bonds. The van der Waals surface area contributed by atoms with Gasteiger partial charge < -0.3 is 16.5 Å². The van der Waals surface area contributed by atoms with E-state index in [1.165, 1.54) is 10.5 Å². The van der Waals surface area contributed by atoms with E-state index in [0.29, 0.717) is 11.4 Å². The van der Waals surface area contributed by atoms with Crippen LogP contribution in [0.4, 0.5) is 5.82 Å². The van der Waals surface area contributed by atoms with Gasteiger partial charge in [0.25, 0.3) is 0 Å². The van der Waals surface area contributed by atoms with E-state index in [2.05, 4.69) is 16.2 Å². The second-order valence-electron chi connectivity index (χ2n) is 6.29. The number of sulfonamides is 1. The number of nitriles is 1. The van der Waals surface area contributed by atoms with E-state index in [0.717, 1.165) is 11.1 Å². The van der Waals surface area contributed by atoms with Crippen LogP contribution in [0.15, 0.2) is 30.9 Å². The lowest BCUT2D eigenvalue weighted by Gasteiger charge is -2.47. The fourth-order valence-corrected chi connectivity index (χ4v) is 4.39. The van der Waals surface area contributed by atoms with Gasteiger partial charge in [-0.15, -0.1) is 0 Å². The number of nitrogens with two attached hydrogens (primary N) is 2. The van der Waals surface area contributed by atoms with Gasteiger partial charge in [0.05, 0.1) is 24.4 Å². The number of rotatable bonds is 6. The van der Waals surface area contributed by atoms with Crippen molar-refractivity contribution in [3.8, 4) is 6.07 Å². The molecule has 0 saturated carbocycles. The SMILES string of the molecule is CCS(=O)(=O)N1CC(CC#N)(n2cc(/C(=C/N)c3cc[nH]c3N)cn2)C1. The van der Waals surface area contributed by atoms with E-state index in [1.807, 2.05) is 6.07 Å². The zero-order chi connectivity index (χ0) is 18.9. The minimum Gasteiger partial charge on any atom is -0.404 e. The zero-order valence-electron chi connectivity index (χ0n) is 14.4. The molecule has 2 aromatic rings. The van der Waals surface area contributed by atoms with Crippen LogP contribution in [-0.4, -0.2) is 46.3 Å². The molecule has 0 aromatic carbocycles. The minimum absolute atomic E-state index is 0.0345. The Balaban J connectivity index is 1.91. The molecule has 0 atom stereocenters. The third-order valence-corrected chi connectivity index (χ3v) is 6.50. The van der Waals surface area contributed by atoms with Gasteiger partial charge in [-0.05, 0) is 13.0 Å². The molecule has 9 nitrogen and oxygen atoms in total. The number of H-pyrrole nitrogens is 1. The fraction of sp³-hybridized carbons (Fsp3) is 0.375. The first-order valence-corrected chi connectivity index (χ1v) is 9.73. The molecule has 1 saturated heterocycles. The summed E-state index contributed by atoms with van der Waals surface area (Å²) in [5.41, 5.74) is 13.2. The number of nitrogen functional groups attached to an aromatic ring is 1. The van der Waals surface area contributed by atoms with Crippen molar-refractivity contribution in [2.75, 3.05) is 24.6 Å². The van der Waals surface area contributed by atoms with Crippen LogP contribution in [-0.2, 0) is 15.6 Å². The molecule has 0 bridgehead atoms. The van der Waals surface area contributed by atoms with E-state index in [-0.39, 0.29) is 25.3 Å². The summed E-state index contributed by atoms with van der Waals surface area (Å²) in [6.07, 6.45) is 6.75. The monoisotopic (exact) mass is 375 g/mol. The third kappa shape index (κ3) is 2.85. The molecule has 2 aromatic heterocycles. The van der Waals surface area contributed by atoms with Crippen LogP contribution in [0.1, 0.15) is 24.5 Å². The van der Waals surface area contributed by atoms with Crippen LogP contribution in [0.25, 0.3) is 5.57 Å². The Bertz CT molecular complexity index is 974. The molecule has 0 radical (unpaired) electrons. The average Bonchev–Trinajstić information content (AvgIpc) is 3.22. The van der Waals surface area contributed by atoms with Gasteiger partial charge in [-0.3, -0.25) is 4.68 Å². The fourth-order valence-electron chi connectivity index (χ4n) is 3.15. The van der Waals surface area contributed by atoms with Gasteiger partial charge in [0.15, 0.2) is 0 Å². The maximum Gasteiger partial charge on any atom is 0.213 e. The number of nitrogens with one attached hydrogen (secondary N) is 1. The predicted octanol–water partition coefficient (Wildman–Crippen LogP) is 0.416. The molecule has 1 aliphatic heterocycles. The highest BCUT2D eigenvalue weighted by Gasteiger charge is 2.49. The number of hydrogen-bond acceptors (Lipinski definition) is 6. The van der Waals surface area contributed by atoms with E-state index in [9.17, 15) is 13.7 Å². The molecule has 138 valence electrons. The van der Waals surface area contributed by atoms with Gasteiger partial charge >= 0.3 is 0 Å². The quantitative estimate of drug-likeness (QED) is 0.666. The van der Waals surface area contributed by atoms with E-state index < -0.39 is 15.6 Å². The van der Waals surface area contributed by atoms with Crippen molar-refractivity contribution in [2.45, 2.75) is 18.9 Å². The molecule has 0 unspecified atom stereocenters. The Morgan fingerprint density at radius 2 is 2.27 bits per heavy atom. The lowest BCUT2D eigenvalue weighted by Crippen LogP contribution is -2.64. The lowest BCUT2D eigenvalue weighted by molar-refractivity contribution is 0.0718. The zero-order valence-corrected chi connectivity index (χ0v) is 15.2. The van der Waals surface area contributed by atoms with Crippen molar-refractivity contribution in [1.82, 2.24) is 19.1 Å². The summed E-state index contributed by atoms with van der Waals surface area (Å²) in [7, 11) is -3.28. The number of aromatic amines is 1. The molecule has 10 heteroatoms. The molecule has 26 heavy (non-hydrogen) atoms. The molecule has 3 rings (SSSR count). The van der Waals surface area contributed by atoms with Gasteiger partial charge in [-0.25, -0.2) is 8.42 Å². The van der Waals surface area contributed by atoms with Gasteiger partial charge in [0, 0.05) is 48.4 Å². The van der Waals surface area contributed by atoms with Crippen molar-refractivity contribution < 1.29 is 8.42 Å². The summed E-state index contributed by atoms with van der Waals surface area (Å²) in [6.45, 7) is 2.06. The highest BCUT2D eigenvalue weighted by molar-refractivity contribution is 7.89. The summed E-state index contributed by atoms with van der Waals surface area (Å²) < 4.78 is 27.1. The van der Waals surface area contributed by atoms with Crippen molar-refractivity contribution in [2.24, 2.45) is 5.73 Å². The van der Waals surface area contributed by atoms with E-state index >= 15 is 0 Å². The van der Waals surface area contributed by atoms with Crippen LogP contribution in [0, 0.1) is 11.3 Å². The van der Waals surface area contributed by atoms with Crippen molar-refractivity contribution >= 4 is 21.4 Å². The molecule has 3 heterocycles. The molecule has 1 aliphatic rings. The lowest BCUT2D eigenvalue weighted by atomic mass is 9.89. The molecule has 1 fully saturated rings. The first kappa shape index (κ1) is 18.0. The highest BCUT2D eigenvalue weighted by atomic mass is 32.2. The van der Waals surface area contributed by atoms with Gasteiger partial charge in [0.1, 0.15) is 11.4 Å². The van der Waals surface area contributed by atoms with Crippen LogP contribution < -0.4 is 11.5 Å². The summed E-state index contributed by atoms with van der Waals surface area (Å²) in [6, 6.07) is 3.96. The van der Waals surface area contributed by atoms with Crippen LogP contribution in [0.2, 0.25) is 0 Å². The van der Waals surface area contributed by atoms with Crippen LogP contribution in [0.5, 0.6) is 0 Å². The van der Waals surface area contributed by atoms with Crippen molar-refractivity contribution in [1.29, 1.82) is 5.26 Å². The molecule has 0 aliphatic carbocycles. The Kier molecular flexibility index (Phi) is 4.52. The topological polar surface area (TPSA) is 147 Å². The predicted molar refractivity (Wildman–Crippen MR) is 97.9 cm³/mol. The Labute approximate surface area is 151 Å². The Morgan fingerprint density at radius 3 is 2.81 bits per heavy atom. The van der Waals surface area contributed by atoms with Gasteiger partial charge in [-0.2, -0.15) is 14.7 Å². The highest BCUT2D eigenvalue weighted by Crippen LogP contribution is 2.35.